The number of rotatable bonds is 4. The lowest BCUT2D eigenvalue weighted by atomic mass is 10.2. The van der Waals surface area contributed by atoms with E-state index in [1.165, 1.54) is 11.1 Å². The van der Waals surface area contributed by atoms with Gasteiger partial charge in [0, 0.05) is 6.42 Å². The average Bonchev–Trinajstić information content (AvgIpc) is 2.41. The monoisotopic (exact) mass is 219 g/mol. The van der Waals surface area contributed by atoms with Crippen molar-refractivity contribution in [3.8, 4) is 0 Å². The van der Waals surface area contributed by atoms with Crippen LogP contribution in [0.4, 0.5) is 0 Å². The van der Waals surface area contributed by atoms with E-state index in [9.17, 15) is 0 Å². The highest BCUT2D eigenvalue weighted by molar-refractivity contribution is 5.54. The molecule has 0 aliphatic rings. The van der Waals surface area contributed by atoms with Crippen LogP contribution < -0.4 is 0 Å². The van der Waals surface area contributed by atoms with E-state index in [0.29, 0.717) is 0 Å². The van der Waals surface area contributed by atoms with E-state index >= 15 is 0 Å². The van der Waals surface area contributed by atoms with Gasteiger partial charge in [-0.25, -0.2) is 0 Å². The van der Waals surface area contributed by atoms with Crippen LogP contribution in [0.15, 0.2) is 72.8 Å². The summed E-state index contributed by atoms with van der Waals surface area (Å²) in [4.78, 5) is 0. The first-order valence-electron chi connectivity index (χ1n) is 5.73. The van der Waals surface area contributed by atoms with Gasteiger partial charge in [0.25, 0.3) is 0 Å². The van der Waals surface area contributed by atoms with Crippen LogP contribution in [0.2, 0.25) is 0 Å². The number of allylic oxidation sites excluding steroid dienone is 2. The Hall–Kier alpha value is -2.08. The summed E-state index contributed by atoms with van der Waals surface area (Å²) in [6.07, 6.45) is 10.3. The van der Waals surface area contributed by atoms with Crippen LogP contribution >= 0.6 is 0 Å². The average molecular weight is 219 g/mol. The Kier molecular flexibility index (Phi) is 4.36. The Balaban J connectivity index is 1.84. The van der Waals surface area contributed by atoms with Crippen LogP contribution in [-0.4, -0.2) is 0 Å². The molecule has 0 bridgehead atoms. The zero-order chi connectivity index (χ0) is 11.8. The number of benzene rings is 2. The summed E-state index contributed by atoms with van der Waals surface area (Å²) < 4.78 is 0. The highest BCUT2D eigenvalue weighted by Crippen LogP contribution is 2.04. The zero-order valence-corrected chi connectivity index (χ0v) is 9.66. The van der Waals surface area contributed by atoms with Gasteiger partial charge in [0.05, 0.1) is 0 Å². The molecule has 83 valence electrons. The van der Waals surface area contributed by atoms with Gasteiger partial charge in [-0.05, 0) is 11.1 Å². The Labute approximate surface area is 103 Å². The molecule has 0 aliphatic heterocycles. The first-order chi connectivity index (χ1) is 8.45. The van der Waals surface area contributed by atoms with Crippen LogP contribution in [0.3, 0.4) is 0 Å². The highest BCUT2D eigenvalue weighted by Gasteiger charge is 1.83. The minimum absolute atomic E-state index is 1.22. The van der Waals surface area contributed by atoms with Gasteiger partial charge < -0.3 is 0 Å². The fourth-order valence-electron chi connectivity index (χ4n) is 1.53. The van der Waals surface area contributed by atoms with E-state index in [-0.39, 0.29) is 0 Å². The van der Waals surface area contributed by atoms with Crippen LogP contribution in [0.5, 0.6) is 0 Å². The molecular formula is C17H15. The maximum absolute atomic E-state index is 2.09. The normalized spacial score (nSPS) is 11.3. The fraction of sp³-hybridized carbons (Fsp3) is 0. The van der Waals surface area contributed by atoms with Crippen LogP contribution in [0.25, 0.3) is 12.2 Å². The van der Waals surface area contributed by atoms with Crippen LogP contribution in [-0.2, 0) is 0 Å². The lowest BCUT2D eigenvalue weighted by Gasteiger charge is -1.91. The maximum Gasteiger partial charge on any atom is 0.00510 e. The molecule has 0 unspecified atom stereocenters. The van der Waals surface area contributed by atoms with Crippen molar-refractivity contribution in [1.29, 1.82) is 0 Å². The van der Waals surface area contributed by atoms with E-state index in [1.807, 2.05) is 42.8 Å². The van der Waals surface area contributed by atoms with Crippen molar-refractivity contribution in [2.45, 2.75) is 0 Å². The smallest absolute Gasteiger partial charge is 0.00510 e. The third-order valence-electron chi connectivity index (χ3n) is 2.40. The van der Waals surface area contributed by atoms with Crippen molar-refractivity contribution >= 4 is 12.2 Å². The van der Waals surface area contributed by atoms with Crippen molar-refractivity contribution in [2.75, 3.05) is 0 Å². The Morgan fingerprint density at radius 3 is 1.35 bits per heavy atom. The summed E-state index contributed by atoms with van der Waals surface area (Å²) in [6, 6.07) is 20.6. The van der Waals surface area contributed by atoms with Crippen molar-refractivity contribution in [3.05, 3.63) is 90.4 Å². The molecule has 0 spiro atoms. The second-order valence-corrected chi connectivity index (χ2v) is 3.73. The molecule has 0 amide bonds. The molecule has 0 aromatic heterocycles. The molecule has 2 aromatic rings. The summed E-state index contributed by atoms with van der Waals surface area (Å²) in [5.41, 5.74) is 2.44. The molecule has 0 nitrogen and oxygen atoms in total. The van der Waals surface area contributed by atoms with Crippen molar-refractivity contribution < 1.29 is 0 Å². The summed E-state index contributed by atoms with van der Waals surface area (Å²) in [6.45, 7) is 0. The predicted molar refractivity (Wildman–Crippen MR) is 75.3 cm³/mol. The maximum atomic E-state index is 2.09. The lowest BCUT2D eigenvalue weighted by Crippen LogP contribution is -1.70. The molecule has 0 N–H and O–H groups in total. The minimum atomic E-state index is 1.22. The summed E-state index contributed by atoms with van der Waals surface area (Å²) in [7, 11) is 0. The van der Waals surface area contributed by atoms with Crippen LogP contribution in [0.1, 0.15) is 11.1 Å². The molecular weight excluding hydrogens is 204 g/mol. The van der Waals surface area contributed by atoms with E-state index in [2.05, 4.69) is 48.6 Å². The molecule has 0 heteroatoms. The van der Waals surface area contributed by atoms with Gasteiger partial charge >= 0.3 is 0 Å². The first kappa shape index (κ1) is 11.4. The van der Waals surface area contributed by atoms with Gasteiger partial charge in [0.15, 0.2) is 0 Å². The zero-order valence-electron chi connectivity index (χ0n) is 9.66. The van der Waals surface area contributed by atoms with Crippen molar-refractivity contribution in [2.24, 2.45) is 0 Å². The molecule has 1 radical (unpaired) electrons. The molecule has 0 aliphatic carbocycles. The molecule has 17 heavy (non-hydrogen) atoms. The molecule has 2 aromatic carbocycles. The lowest BCUT2D eigenvalue weighted by molar-refractivity contribution is 1.64. The molecule has 0 heterocycles. The van der Waals surface area contributed by atoms with Gasteiger partial charge in [-0.15, -0.1) is 0 Å². The van der Waals surface area contributed by atoms with Gasteiger partial charge in [-0.2, -0.15) is 0 Å². The summed E-state index contributed by atoms with van der Waals surface area (Å²) >= 11 is 0. The first-order valence-corrected chi connectivity index (χ1v) is 5.73. The standard InChI is InChI=1S/C17H15/c1-4-10-16(11-5-1)14-8-3-9-15-17-12-6-2-7-13-17/h1-15H. The Bertz CT molecular complexity index is 430. The van der Waals surface area contributed by atoms with Gasteiger partial charge in [-0.3, -0.25) is 0 Å². The predicted octanol–water partition coefficient (Wildman–Crippen LogP) is 4.62. The third kappa shape index (κ3) is 4.12. The molecule has 0 atom stereocenters. The molecule has 0 saturated carbocycles. The minimum Gasteiger partial charge on any atom is -0.0761 e. The fourth-order valence-corrected chi connectivity index (χ4v) is 1.53. The highest BCUT2D eigenvalue weighted by atomic mass is 13.9. The van der Waals surface area contributed by atoms with Crippen molar-refractivity contribution in [3.63, 3.8) is 0 Å². The van der Waals surface area contributed by atoms with Crippen LogP contribution in [0, 0.1) is 6.42 Å². The molecule has 0 fully saturated rings. The van der Waals surface area contributed by atoms with Gasteiger partial charge in [-0.1, -0.05) is 85.0 Å². The second kappa shape index (κ2) is 6.49. The SMILES string of the molecule is [CH](C=Cc1ccccc1)C=Cc1ccccc1. The van der Waals surface area contributed by atoms with E-state index in [1.54, 1.807) is 0 Å². The summed E-state index contributed by atoms with van der Waals surface area (Å²) in [5.74, 6) is 0. The molecule has 2 rings (SSSR count). The molecule has 0 saturated heterocycles. The quantitative estimate of drug-likeness (QED) is 0.704. The van der Waals surface area contributed by atoms with E-state index in [4.69, 9.17) is 0 Å². The topological polar surface area (TPSA) is 0 Å². The Morgan fingerprint density at radius 1 is 0.529 bits per heavy atom. The van der Waals surface area contributed by atoms with Gasteiger partial charge in [0.2, 0.25) is 0 Å². The largest absolute Gasteiger partial charge is 0.0761 e. The second-order valence-electron chi connectivity index (χ2n) is 3.73. The third-order valence-corrected chi connectivity index (χ3v) is 2.40. The van der Waals surface area contributed by atoms with E-state index in [0.717, 1.165) is 0 Å². The Morgan fingerprint density at radius 2 is 0.941 bits per heavy atom. The number of hydrogen-bond acceptors (Lipinski definition) is 0. The number of hydrogen-bond donors (Lipinski definition) is 0. The van der Waals surface area contributed by atoms with Crippen molar-refractivity contribution in [1.82, 2.24) is 0 Å². The summed E-state index contributed by atoms with van der Waals surface area (Å²) in [5, 5.41) is 0. The van der Waals surface area contributed by atoms with E-state index < -0.39 is 0 Å². The van der Waals surface area contributed by atoms with Gasteiger partial charge in [0.1, 0.15) is 0 Å².